The van der Waals surface area contributed by atoms with Gasteiger partial charge in [0, 0.05) is 17.9 Å². The van der Waals surface area contributed by atoms with Gasteiger partial charge in [-0.3, -0.25) is 19.6 Å². The molecule has 5 atom stereocenters. The first-order chi connectivity index (χ1) is 11.4. The van der Waals surface area contributed by atoms with Gasteiger partial charge in [-0.05, 0) is 11.1 Å². The Kier molecular flexibility index (Phi) is 4.12. The molecule has 0 aliphatic heterocycles. The van der Waals surface area contributed by atoms with Crippen LogP contribution in [0, 0.1) is 17.0 Å². The number of Topliss-reactive ketones (excluding diaryl/α,β-unsaturated/α-hetero) is 1. The average molecular weight is 334 g/mol. The number of carbonyl (C=O) groups excluding carboxylic acids is 3. The fourth-order valence-corrected chi connectivity index (χ4v) is 4.06. The number of ether oxygens (including phenoxy) is 2. The highest BCUT2D eigenvalue weighted by molar-refractivity contribution is 6.11. The number of hydrogen-bond acceptors (Lipinski definition) is 8. The van der Waals surface area contributed by atoms with Crippen LogP contribution in [0.3, 0.4) is 0 Å². The van der Waals surface area contributed by atoms with Gasteiger partial charge in [-0.25, -0.2) is 0 Å². The van der Waals surface area contributed by atoms with E-state index in [4.69, 9.17) is 9.47 Å². The number of rotatable bonds is 3. The fraction of sp³-hybridized carbons (Fsp3) is 0.438. The molecule has 1 N–H and O–H groups in total. The third-order valence-electron chi connectivity index (χ3n) is 4.95. The molecule has 0 aromatic heterocycles. The lowest BCUT2D eigenvalue weighted by molar-refractivity contribution is -0.168. The SMILES string of the molecule is COC(=O)[C@@H]1C(=O)[C@H](C(=O)OC)[C@H]2c3ccccc3[C@H]1C2N([O-])O. The Labute approximate surface area is 137 Å². The third kappa shape index (κ3) is 2.15. The maximum atomic E-state index is 12.8. The van der Waals surface area contributed by atoms with Crippen molar-refractivity contribution in [1.29, 1.82) is 0 Å². The normalized spacial score (nSPS) is 30.9. The number of carbonyl (C=O) groups is 3. The summed E-state index contributed by atoms with van der Waals surface area (Å²) in [5, 5.41) is 21.2. The molecule has 1 aromatic carbocycles. The van der Waals surface area contributed by atoms with E-state index in [9.17, 15) is 24.8 Å². The lowest BCUT2D eigenvalue weighted by atomic mass is 9.67. The van der Waals surface area contributed by atoms with Crippen molar-refractivity contribution >= 4 is 17.7 Å². The van der Waals surface area contributed by atoms with E-state index in [0.717, 1.165) is 14.2 Å². The number of benzene rings is 1. The second kappa shape index (κ2) is 5.97. The smallest absolute Gasteiger partial charge is 0.316 e. The summed E-state index contributed by atoms with van der Waals surface area (Å²) in [6, 6.07) is 5.62. The zero-order valence-electron chi connectivity index (χ0n) is 13.0. The minimum absolute atomic E-state index is 0.270. The van der Waals surface area contributed by atoms with Crippen molar-refractivity contribution < 1.29 is 29.1 Å². The van der Waals surface area contributed by atoms with Crippen LogP contribution in [0.2, 0.25) is 0 Å². The maximum absolute atomic E-state index is 12.8. The number of fused-ring (bicyclic) bond motifs is 5. The summed E-state index contributed by atoms with van der Waals surface area (Å²) in [5.74, 6) is -6.82. The molecule has 0 amide bonds. The van der Waals surface area contributed by atoms with E-state index in [2.05, 4.69) is 0 Å². The van der Waals surface area contributed by atoms with Gasteiger partial charge in [0.2, 0.25) is 0 Å². The minimum Gasteiger partial charge on any atom is -0.762 e. The third-order valence-corrected chi connectivity index (χ3v) is 4.95. The molecule has 8 nitrogen and oxygen atoms in total. The van der Waals surface area contributed by atoms with E-state index < -0.39 is 47.4 Å². The van der Waals surface area contributed by atoms with Crippen LogP contribution >= 0.6 is 0 Å². The summed E-state index contributed by atoms with van der Waals surface area (Å²) in [4.78, 5) is 37.2. The number of hydroxylamine groups is 2. The van der Waals surface area contributed by atoms with Crippen molar-refractivity contribution in [2.45, 2.75) is 17.9 Å². The Bertz CT molecular complexity index is 648. The topological polar surface area (TPSA) is 116 Å². The predicted molar refractivity (Wildman–Crippen MR) is 78.7 cm³/mol. The summed E-state index contributed by atoms with van der Waals surface area (Å²) in [6.45, 7) is 0. The molecular formula is C16H16NO7-. The highest BCUT2D eigenvalue weighted by atomic mass is 16.8. The lowest BCUT2D eigenvalue weighted by Gasteiger charge is -2.44. The van der Waals surface area contributed by atoms with Gasteiger partial charge >= 0.3 is 11.9 Å². The van der Waals surface area contributed by atoms with Gasteiger partial charge < -0.3 is 19.9 Å². The van der Waals surface area contributed by atoms with E-state index in [1.165, 1.54) is 0 Å². The standard InChI is InChI=1S/C16H16NO7/c1-23-15(19)11-9-7-5-3-4-6-8(7)10(13(9)17(21)22)12(14(11)18)16(20)24-2/h3-6,9-13,21H,1-2H3/q-1/t9-,10-,11-,12+,13?/m1/s1. The monoisotopic (exact) mass is 334 g/mol. The molecule has 1 aromatic rings. The Balaban J connectivity index is 2.24. The van der Waals surface area contributed by atoms with Gasteiger partial charge in [-0.15, -0.1) is 0 Å². The second-order valence-electron chi connectivity index (χ2n) is 5.88. The molecule has 2 bridgehead atoms. The Morgan fingerprint density at radius 2 is 1.46 bits per heavy atom. The molecule has 0 spiro atoms. The van der Waals surface area contributed by atoms with Gasteiger partial charge in [0.05, 0.1) is 14.2 Å². The molecule has 0 saturated heterocycles. The molecule has 1 unspecified atom stereocenters. The van der Waals surface area contributed by atoms with Crippen LogP contribution in [0.25, 0.3) is 0 Å². The number of methoxy groups -OCH3 is 2. The average Bonchev–Trinajstić information content (AvgIpc) is 2.85. The fourth-order valence-electron chi connectivity index (χ4n) is 4.06. The summed E-state index contributed by atoms with van der Waals surface area (Å²) in [7, 11) is 2.25. The van der Waals surface area contributed by atoms with Crippen LogP contribution < -0.4 is 0 Å². The highest BCUT2D eigenvalue weighted by Crippen LogP contribution is 2.56. The molecule has 8 heteroatoms. The first-order valence-corrected chi connectivity index (χ1v) is 7.37. The maximum Gasteiger partial charge on any atom is 0.316 e. The minimum atomic E-state index is -1.35. The molecule has 128 valence electrons. The lowest BCUT2D eigenvalue weighted by Crippen LogP contribution is -2.53. The van der Waals surface area contributed by atoms with Crippen LogP contribution in [0.15, 0.2) is 24.3 Å². The van der Waals surface area contributed by atoms with Crippen LogP contribution in [-0.2, 0) is 23.9 Å². The van der Waals surface area contributed by atoms with Gasteiger partial charge in [0.25, 0.3) is 0 Å². The zero-order valence-corrected chi connectivity index (χ0v) is 13.0. The van der Waals surface area contributed by atoms with E-state index in [0.29, 0.717) is 11.1 Å². The molecule has 24 heavy (non-hydrogen) atoms. The summed E-state index contributed by atoms with van der Waals surface area (Å²) in [5.41, 5.74) is 1.16. The van der Waals surface area contributed by atoms with Crippen molar-refractivity contribution in [3.05, 3.63) is 40.6 Å². The van der Waals surface area contributed by atoms with Crippen molar-refractivity contribution in [3.63, 3.8) is 0 Å². The number of esters is 2. The van der Waals surface area contributed by atoms with E-state index in [1.807, 2.05) is 0 Å². The highest BCUT2D eigenvalue weighted by Gasteiger charge is 2.61. The first kappa shape index (κ1) is 16.6. The van der Waals surface area contributed by atoms with Crippen LogP contribution in [0.4, 0.5) is 0 Å². The Hall–Kier alpha value is -2.29. The molecule has 2 aliphatic rings. The molecule has 0 heterocycles. The predicted octanol–water partition coefficient (Wildman–Crippen LogP) is 0.586. The summed E-state index contributed by atoms with van der Waals surface area (Å²) < 4.78 is 9.40. The number of ketones is 1. The van der Waals surface area contributed by atoms with E-state index in [-0.39, 0.29) is 5.23 Å². The molecule has 1 saturated carbocycles. The molecule has 1 fully saturated rings. The Morgan fingerprint density at radius 1 is 1.04 bits per heavy atom. The van der Waals surface area contributed by atoms with Crippen molar-refractivity contribution in [3.8, 4) is 0 Å². The van der Waals surface area contributed by atoms with Crippen LogP contribution in [0.1, 0.15) is 23.0 Å². The van der Waals surface area contributed by atoms with Gasteiger partial charge in [0.15, 0.2) is 5.78 Å². The molecule has 3 rings (SSSR count). The molecule has 2 aliphatic carbocycles. The van der Waals surface area contributed by atoms with Crippen LogP contribution in [0.5, 0.6) is 0 Å². The van der Waals surface area contributed by atoms with Gasteiger partial charge in [-0.2, -0.15) is 0 Å². The summed E-state index contributed by atoms with van der Waals surface area (Å²) >= 11 is 0. The largest absolute Gasteiger partial charge is 0.762 e. The van der Waals surface area contributed by atoms with Crippen LogP contribution in [-0.4, -0.2) is 48.4 Å². The number of nitrogens with zero attached hydrogens (tertiary/aromatic N) is 1. The number of hydrogen-bond donors (Lipinski definition) is 1. The van der Waals surface area contributed by atoms with E-state index in [1.54, 1.807) is 24.3 Å². The second-order valence-corrected chi connectivity index (χ2v) is 5.88. The van der Waals surface area contributed by atoms with Crippen molar-refractivity contribution in [1.82, 2.24) is 5.23 Å². The zero-order chi connectivity index (χ0) is 17.6. The van der Waals surface area contributed by atoms with Gasteiger partial charge in [-0.1, -0.05) is 24.3 Å². The summed E-state index contributed by atoms with van der Waals surface area (Å²) in [6.07, 6.45) is 0. The quantitative estimate of drug-likeness (QED) is 0.485. The van der Waals surface area contributed by atoms with E-state index >= 15 is 0 Å². The first-order valence-electron chi connectivity index (χ1n) is 7.37. The molecular weight excluding hydrogens is 318 g/mol. The molecule has 0 radical (unpaired) electrons. The van der Waals surface area contributed by atoms with Crippen molar-refractivity contribution in [2.75, 3.05) is 14.2 Å². The van der Waals surface area contributed by atoms with Crippen molar-refractivity contribution in [2.24, 2.45) is 11.8 Å². The van der Waals surface area contributed by atoms with Gasteiger partial charge in [0.1, 0.15) is 11.8 Å². The Morgan fingerprint density at radius 3 is 1.79 bits per heavy atom.